The van der Waals surface area contributed by atoms with E-state index in [1.807, 2.05) is 0 Å². The van der Waals surface area contributed by atoms with Crippen molar-refractivity contribution in [1.29, 1.82) is 0 Å². The number of amides is 1. The zero-order valence-corrected chi connectivity index (χ0v) is 14.6. The van der Waals surface area contributed by atoms with E-state index in [0.717, 1.165) is 29.5 Å². The van der Waals surface area contributed by atoms with Crippen LogP contribution in [0.2, 0.25) is 0 Å². The molecule has 0 saturated carbocycles. The van der Waals surface area contributed by atoms with Gasteiger partial charge in [-0.05, 0) is 38.5 Å². The van der Waals surface area contributed by atoms with Gasteiger partial charge in [-0.1, -0.05) is 6.07 Å². The topological polar surface area (TPSA) is 72.5 Å². The van der Waals surface area contributed by atoms with Gasteiger partial charge in [0.25, 0.3) is 5.91 Å². The minimum atomic E-state index is -1.06. The molecule has 0 spiro atoms. The van der Waals surface area contributed by atoms with Crippen LogP contribution < -0.4 is 5.32 Å². The largest absolute Gasteiger partial charge is 0.462 e. The molecule has 1 heterocycles. The quantitative estimate of drug-likeness (QED) is 0.641. The van der Waals surface area contributed by atoms with Crippen LogP contribution in [0.3, 0.4) is 0 Å². The summed E-state index contributed by atoms with van der Waals surface area (Å²) < 4.78 is 32.4. The molecule has 0 atom stereocenters. The molecule has 0 unspecified atom stereocenters. The number of Topliss-reactive ketones (excluding diaryl/α,β-unsaturated/α-hetero) is 1. The molecule has 1 amide bonds. The van der Waals surface area contributed by atoms with Gasteiger partial charge >= 0.3 is 5.97 Å². The second-order valence-corrected chi connectivity index (χ2v) is 6.11. The molecule has 0 radical (unpaired) electrons. The number of ketones is 1. The van der Waals surface area contributed by atoms with Crippen LogP contribution in [0.5, 0.6) is 0 Å². The number of thiophene rings is 1. The van der Waals surface area contributed by atoms with Crippen molar-refractivity contribution in [1.82, 2.24) is 0 Å². The van der Waals surface area contributed by atoms with Gasteiger partial charge in [-0.3, -0.25) is 9.59 Å². The van der Waals surface area contributed by atoms with Gasteiger partial charge in [0.05, 0.1) is 17.0 Å². The summed E-state index contributed by atoms with van der Waals surface area (Å²) in [5.41, 5.74) is -0.421. The molecule has 0 aliphatic rings. The summed E-state index contributed by atoms with van der Waals surface area (Å²) in [5.74, 6) is -4.15. The van der Waals surface area contributed by atoms with E-state index in [9.17, 15) is 23.2 Å². The molecule has 25 heavy (non-hydrogen) atoms. The van der Waals surface area contributed by atoms with E-state index < -0.39 is 29.1 Å². The van der Waals surface area contributed by atoms with E-state index in [1.165, 1.54) is 6.92 Å². The molecule has 5 nitrogen and oxygen atoms in total. The van der Waals surface area contributed by atoms with Crippen LogP contribution in [0, 0.1) is 18.6 Å². The number of nitrogens with one attached hydrogen (secondary N) is 1. The van der Waals surface area contributed by atoms with Crippen molar-refractivity contribution in [2.24, 2.45) is 0 Å². The molecule has 2 aromatic rings. The van der Waals surface area contributed by atoms with Gasteiger partial charge in [-0.2, -0.15) is 0 Å². The van der Waals surface area contributed by atoms with Crippen LogP contribution in [0.1, 0.15) is 49.8 Å². The average molecular weight is 367 g/mol. The van der Waals surface area contributed by atoms with Crippen molar-refractivity contribution >= 4 is 34.0 Å². The zero-order valence-electron chi connectivity index (χ0n) is 13.7. The smallest absolute Gasteiger partial charge is 0.341 e. The number of esters is 1. The average Bonchev–Trinajstić information content (AvgIpc) is 2.84. The molecule has 2 rings (SSSR count). The molecule has 8 heteroatoms. The van der Waals surface area contributed by atoms with Crippen molar-refractivity contribution in [3.05, 3.63) is 51.4 Å². The maximum atomic E-state index is 13.8. The predicted molar refractivity (Wildman–Crippen MR) is 89.3 cm³/mol. The van der Waals surface area contributed by atoms with Gasteiger partial charge in [-0.25, -0.2) is 13.6 Å². The number of carbonyl (C=O) groups excluding carboxylic acids is 3. The Balaban J connectivity index is 2.48. The Morgan fingerprint density at radius 2 is 1.76 bits per heavy atom. The SMILES string of the molecule is CCOC(=O)c1c(NC(=O)c2c(F)cccc2F)sc(C(C)=O)c1C. The lowest BCUT2D eigenvalue weighted by Crippen LogP contribution is -2.17. The molecular weight excluding hydrogens is 352 g/mol. The summed E-state index contributed by atoms with van der Waals surface area (Å²) in [6.07, 6.45) is 0. The van der Waals surface area contributed by atoms with Crippen LogP contribution in [-0.2, 0) is 4.74 Å². The van der Waals surface area contributed by atoms with E-state index in [4.69, 9.17) is 4.74 Å². The molecule has 1 aromatic heterocycles. The maximum absolute atomic E-state index is 13.8. The number of hydrogen-bond donors (Lipinski definition) is 1. The van der Waals surface area contributed by atoms with Gasteiger partial charge in [0, 0.05) is 0 Å². The third-order valence-electron chi connectivity index (χ3n) is 3.36. The minimum absolute atomic E-state index is 0.00199. The number of benzene rings is 1. The van der Waals surface area contributed by atoms with Gasteiger partial charge in [0.1, 0.15) is 22.2 Å². The first-order valence-corrected chi connectivity index (χ1v) is 8.16. The fourth-order valence-electron chi connectivity index (χ4n) is 2.27. The molecular formula is C17H15F2NO4S. The van der Waals surface area contributed by atoms with Crippen LogP contribution in [0.25, 0.3) is 0 Å². The van der Waals surface area contributed by atoms with Crippen molar-refractivity contribution in [2.75, 3.05) is 11.9 Å². The molecule has 0 aliphatic carbocycles. The van der Waals surface area contributed by atoms with Crippen molar-refractivity contribution < 1.29 is 27.9 Å². The minimum Gasteiger partial charge on any atom is -0.462 e. The van der Waals surface area contributed by atoms with Gasteiger partial charge in [-0.15, -0.1) is 11.3 Å². The summed E-state index contributed by atoms with van der Waals surface area (Å²) in [6, 6.07) is 3.03. The normalized spacial score (nSPS) is 10.4. The van der Waals surface area contributed by atoms with Crippen molar-refractivity contribution in [3.8, 4) is 0 Å². The summed E-state index contributed by atoms with van der Waals surface area (Å²) in [5, 5.41) is 2.32. The molecule has 1 aromatic carbocycles. The second kappa shape index (κ2) is 7.52. The van der Waals surface area contributed by atoms with E-state index in [1.54, 1.807) is 13.8 Å². The molecule has 0 fully saturated rings. The van der Waals surface area contributed by atoms with Crippen LogP contribution in [0.4, 0.5) is 13.8 Å². The Hall–Kier alpha value is -2.61. The highest BCUT2D eigenvalue weighted by molar-refractivity contribution is 7.18. The lowest BCUT2D eigenvalue weighted by Gasteiger charge is -2.08. The Kier molecular flexibility index (Phi) is 5.63. The molecule has 0 aliphatic heterocycles. The van der Waals surface area contributed by atoms with E-state index >= 15 is 0 Å². The number of anilines is 1. The first kappa shape index (κ1) is 18.7. The fraction of sp³-hybridized carbons (Fsp3) is 0.235. The molecule has 132 valence electrons. The second-order valence-electron chi connectivity index (χ2n) is 5.09. The number of rotatable bonds is 5. The number of halogens is 2. The highest BCUT2D eigenvalue weighted by atomic mass is 32.1. The van der Waals surface area contributed by atoms with Crippen molar-refractivity contribution in [3.63, 3.8) is 0 Å². The lowest BCUT2D eigenvalue weighted by molar-refractivity contribution is 0.0527. The highest BCUT2D eigenvalue weighted by Gasteiger charge is 2.27. The number of carbonyl (C=O) groups is 3. The Morgan fingerprint density at radius 1 is 1.16 bits per heavy atom. The Labute approximate surface area is 146 Å². The van der Waals surface area contributed by atoms with Crippen LogP contribution in [0.15, 0.2) is 18.2 Å². The highest BCUT2D eigenvalue weighted by Crippen LogP contribution is 2.34. The molecule has 1 N–H and O–H groups in total. The van der Waals surface area contributed by atoms with E-state index in [2.05, 4.69) is 5.32 Å². The number of ether oxygens (including phenoxy) is 1. The summed E-state index contributed by atoms with van der Waals surface area (Å²) >= 11 is 0.856. The third kappa shape index (κ3) is 3.74. The van der Waals surface area contributed by atoms with Gasteiger partial charge in [0.2, 0.25) is 0 Å². The van der Waals surface area contributed by atoms with Crippen LogP contribution in [-0.4, -0.2) is 24.3 Å². The van der Waals surface area contributed by atoms with Crippen LogP contribution >= 0.6 is 11.3 Å². The standard InChI is InChI=1S/C17H15F2NO4S/c1-4-24-17(23)12-8(2)14(9(3)21)25-16(12)20-15(22)13-10(18)6-5-7-11(13)19/h5-7H,4H2,1-3H3,(H,20,22). The Morgan fingerprint density at radius 3 is 2.28 bits per heavy atom. The van der Waals surface area contributed by atoms with E-state index in [0.29, 0.717) is 5.56 Å². The first-order chi connectivity index (χ1) is 11.8. The predicted octanol–water partition coefficient (Wildman–Crippen LogP) is 3.97. The fourth-order valence-corrected chi connectivity index (χ4v) is 3.35. The number of hydrogen-bond acceptors (Lipinski definition) is 5. The zero-order chi connectivity index (χ0) is 18.7. The Bertz CT molecular complexity index is 840. The maximum Gasteiger partial charge on any atom is 0.341 e. The summed E-state index contributed by atoms with van der Waals surface area (Å²) in [7, 11) is 0. The van der Waals surface area contributed by atoms with E-state index in [-0.39, 0.29) is 27.8 Å². The molecule has 0 saturated heterocycles. The lowest BCUT2D eigenvalue weighted by atomic mass is 10.1. The monoisotopic (exact) mass is 367 g/mol. The first-order valence-electron chi connectivity index (χ1n) is 7.34. The van der Waals surface area contributed by atoms with Gasteiger partial charge in [0.15, 0.2) is 5.78 Å². The third-order valence-corrected chi connectivity index (χ3v) is 4.67. The molecule has 0 bridgehead atoms. The summed E-state index contributed by atoms with van der Waals surface area (Å²) in [6.45, 7) is 4.56. The van der Waals surface area contributed by atoms with Crippen molar-refractivity contribution in [2.45, 2.75) is 20.8 Å². The van der Waals surface area contributed by atoms with Gasteiger partial charge < -0.3 is 10.1 Å². The summed E-state index contributed by atoms with van der Waals surface area (Å²) in [4.78, 5) is 36.4.